The summed E-state index contributed by atoms with van der Waals surface area (Å²) in [4.78, 5) is 11.9. The topological polar surface area (TPSA) is 64.3 Å². The van der Waals surface area contributed by atoms with E-state index in [1.807, 2.05) is 42.5 Å². The Balaban J connectivity index is 2.29. The number of hydrogen-bond donors (Lipinski definition) is 2. The molecule has 18 heavy (non-hydrogen) atoms. The van der Waals surface area contributed by atoms with Gasteiger partial charge in [-0.1, -0.05) is 36.4 Å². The number of anilines is 1. The molecule has 0 aromatic heterocycles. The number of nitrogens with two attached hydrogens (primary N) is 1. The van der Waals surface area contributed by atoms with E-state index in [4.69, 9.17) is 10.5 Å². The molecule has 2 rings (SSSR count). The van der Waals surface area contributed by atoms with Crippen LogP contribution in [0.5, 0.6) is 0 Å². The lowest BCUT2D eigenvalue weighted by Gasteiger charge is -2.14. The Bertz CT molecular complexity index is 545. The highest BCUT2D eigenvalue weighted by molar-refractivity contribution is 6.03. The minimum Gasteiger partial charge on any atom is -0.370 e. The van der Waals surface area contributed by atoms with Crippen LogP contribution in [0.4, 0.5) is 5.69 Å². The summed E-state index contributed by atoms with van der Waals surface area (Å²) < 4.78 is 5.01. The summed E-state index contributed by atoms with van der Waals surface area (Å²) in [5.74, 6) is -0.226. The Hall–Kier alpha value is -1.91. The van der Waals surface area contributed by atoms with Crippen molar-refractivity contribution < 1.29 is 9.53 Å². The number of ether oxygens (including phenoxy) is 1. The van der Waals surface area contributed by atoms with Gasteiger partial charge in [0.05, 0.1) is 0 Å². The van der Waals surface area contributed by atoms with E-state index in [1.165, 1.54) is 7.11 Å². The average Bonchev–Trinajstić information content (AvgIpc) is 2.40. The lowest BCUT2D eigenvalue weighted by atomic mass is 10.1. The second-order valence-corrected chi connectivity index (χ2v) is 3.98. The maximum Gasteiger partial charge on any atom is 0.254 e. The fraction of sp³-hybridized carbons (Fsp3) is 0.214. The van der Waals surface area contributed by atoms with Gasteiger partial charge in [0.25, 0.3) is 5.91 Å². The van der Waals surface area contributed by atoms with Gasteiger partial charge in [0.1, 0.15) is 6.10 Å². The summed E-state index contributed by atoms with van der Waals surface area (Å²) in [6, 6.07) is 13.6. The van der Waals surface area contributed by atoms with E-state index < -0.39 is 6.10 Å². The van der Waals surface area contributed by atoms with Crippen LogP contribution in [0.2, 0.25) is 0 Å². The highest BCUT2D eigenvalue weighted by Crippen LogP contribution is 2.23. The lowest BCUT2D eigenvalue weighted by Crippen LogP contribution is -2.35. The van der Waals surface area contributed by atoms with Gasteiger partial charge in [-0.25, -0.2) is 0 Å². The Morgan fingerprint density at radius 3 is 2.72 bits per heavy atom. The highest BCUT2D eigenvalue weighted by Gasteiger charge is 2.16. The number of carbonyl (C=O) groups is 1. The van der Waals surface area contributed by atoms with Crippen LogP contribution in [-0.4, -0.2) is 25.7 Å². The first-order chi connectivity index (χ1) is 8.76. The van der Waals surface area contributed by atoms with Crippen molar-refractivity contribution in [2.45, 2.75) is 6.10 Å². The molecule has 4 heteroatoms. The smallest absolute Gasteiger partial charge is 0.254 e. The molecule has 0 aliphatic carbocycles. The molecule has 0 bridgehead atoms. The molecule has 0 saturated carbocycles. The molecule has 2 aromatic carbocycles. The van der Waals surface area contributed by atoms with Crippen LogP contribution in [-0.2, 0) is 9.53 Å². The standard InChI is InChI=1S/C14H16N2O2/c1-18-13(9-15)14(17)16-12-8-4-6-10-5-2-3-7-11(10)12/h2-8,13H,9,15H2,1H3,(H,16,17). The first kappa shape index (κ1) is 12.5. The number of methoxy groups -OCH3 is 1. The van der Waals surface area contributed by atoms with Gasteiger partial charge in [-0.05, 0) is 11.5 Å². The Morgan fingerprint density at radius 2 is 2.00 bits per heavy atom. The van der Waals surface area contributed by atoms with E-state index in [9.17, 15) is 4.79 Å². The monoisotopic (exact) mass is 244 g/mol. The first-order valence-electron chi connectivity index (χ1n) is 5.77. The van der Waals surface area contributed by atoms with Crippen LogP contribution in [0.15, 0.2) is 42.5 Å². The molecule has 0 heterocycles. The van der Waals surface area contributed by atoms with Gasteiger partial charge in [0, 0.05) is 24.7 Å². The number of nitrogens with one attached hydrogen (secondary N) is 1. The van der Waals surface area contributed by atoms with Crippen LogP contribution in [0, 0.1) is 0 Å². The van der Waals surface area contributed by atoms with Crippen molar-refractivity contribution in [3.63, 3.8) is 0 Å². The summed E-state index contributed by atoms with van der Waals surface area (Å²) in [6.45, 7) is 0.160. The summed E-state index contributed by atoms with van der Waals surface area (Å²) in [6.07, 6.45) is -0.621. The maximum atomic E-state index is 11.9. The molecular weight excluding hydrogens is 228 g/mol. The molecule has 1 unspecified atom stereocenters. The van der Waals surface area contributed by atoms with E-state index in [1.54, 1.807) is 0 Å². The zero-order valence-corrected chi connectivity index (χ0v) is 10.2. The number of amides is 1. The molecule has 0 aliphatic rings. The van der Waals surface area contributed by atoms with Crippen molar-refractivity contribution in [2.24, 2.45) is 5.73 Å². The highest BCUT2D eigenvalue weighted by atomic mass is 16.5. The largest absolute Gasteiger partial charge is 0.370 e. The Labute approximate surface area is 106 Å². The second-order valence-electron chi connectivity index (χ2n) is 3.98. The van der Waals surface area contributed by atoms with Gasteiger partial charge < -0.3 is 15.8 Å². The van der Waals surface area contributed by atoms with Crippen LogP contribution in [0.1, 0.15) is 0 Å². The van der Waals surface area contributed by atoms with E-state index in [2.05, 4.69) is 5.32 Å². The minimum atomic E-state index is -0.621. The summed E-state index contributed by atoms with van der Waals surface area (Å²) in [5, 5.41) is 4.92. The molecule has 0 fully saturated rings. The van der Waals surface area contributed by atoms with Crippen molar-refractivity contribution in [2.75, 3.05) is 19.0 Å². The predicted molar refractivity (Wildman–Crippen MR) is 72.4 cm³/mol. The SMILES string of the molecule is COC(CN)C(=O)Nc1cccc2ccccc12. The number of fused-ring (bicyclic) bond motifs is 1. The number of hydrogen-bond acceptors (Lipinski definition) is 3. The van der Waals surface area contributed by atoms with E-state index in [0.717, 1.165) is 16.5 Å². The van der Waals surface area contributed by atoms with Crippen LogP contribution < -0.4 is 11.1 Å². The van der Waals surface area contributed by atoms with Crippen molar-refractivity contribution in [1.29, 1.82) is 0 Å². The van der Waals surface area contributed by atoms with Gasteiger partial charge >= 0.3 is 0 Å². The Morgan fingerprint density at radius 1 is 1.28 bits per heavy atom. The molecule has 0 spiro atoms. The van der Waals surface area contributed by atoms with Gasteiger partial charge in [0.2, 0.25) is 0 Å². The fourth-order valence-electron chi connectivity index (χ4n) is 1.86. The van der Waals surface area contributed by atoms with E-state index in [0.29, 0.717) is 0 Å². The summed E-state index contributed by atoms with van der Waals surface area (Å²) in [5.41, 5.74) is 6.24. The van der Waals surface area contributed by atoms with Gasteiger partial charge in [-0.3, -0.25) is 4.79 Å². The quantitative estimate of drug-likeness (QED) is 0.861. The van der Waals surface area contributed by atoms with Crippen molar-refractivity contribution in [3.8, 4) is 0 Å². The number of benzene rings is 2. The van der Waals surface area contributed by atoms with E-state index >= 15 is 0 Å². The van der Waals surface area contributed by atoms with Gasteiger partial charge in [-0.2, -0.15) is 0 Å². The third-order valence-corrected chi connectivity index (χ3v) is 2.84. The molecule has 0 aliphatic heterocycles. The molecule has 4 nitrogen and oxygen atoms in total. The minimum absolute atomic E-state index is 0.160. The summed E-state index contributed by atoms with van der Waals surface area (Å²) >= 11 is 0. The van der Waals surface area contributed by atoms with E-state index in [-0.39, 0.29) is 12.5 Å². The summed E-state index contributed by atoms with van der Waals surface area (Å²) in [7, 11) is 1.47. The molecule has 2 aromatic rings. The Kier molecular flexibility index (Phi) is 3.92. The fourth-order valence-corrected chi connectivity index (χ4v) is 1.86. The molecular formula is C14H16N2O2. The molecule has 0 saturated heterocycles. The normalized spacial score (nSPS) is 12.3. The number of carbonyl (C=O) groups excluding carboxylic acids is 1. The molecule has 3 N–H and O–H groups in total. The molecule has 1 amide bonds. The van der Waals surface area contributed by atoms with Crippen molar-refractivity contribution >= 4 is 22.4 Å². The second kappa shape index (κ2) is 5.62. The molecule has 1 atom stereocenters. The first-order valence-corrected chi connectivity index (χ1v) is 5.77. The van der Waals surface area contributed by atoms with Crippen LogP contribution in [0.25, 0.3) is 10.8 Å². The third kappa shape index (κ3) is 2.50. The van der Waals surface area contributed by atoms with Crippen LogP contribution >= 0.6 is 0 Å². The molecule has 0 radical (unpaired) electrons. The zero-order valence-electron chi connectivity index (χ0n) is 10.2. The van der Waals surface area contributed by atoms with Gasteiger partial charge in [0.15, 0.2) is 0 Å². The average molecular weight is 244 g/mol. The number of rotatable bonds is 4. The molecule has 94 valence electrons. The van der Waals surface area contributed by atoms with Gasteiger partial charge in [-0.15, -0.1) is 0 Å². The lowest BCUT2D eigenvalue weighted by molar-refractivity contribution is -0.125. The zero-order chi connectivity index (χ0) is 13.0. The van der Waals surface area contributed by atoms with Crippen molar-refractivity contribution in [3.05, 3.63) is 42.5 Å². The van der Waals surface area contributed by atoms with Crippen molar-refractivity contribution in [1.82, 2.24) is 0 Å². The van der Waals surface area contributed by atoms with Crippen LogP contribution in [0.3, 0.4) is 0 Å². The maximum absolute atomic E-state index is 11.9. The predicted octanol–water partition coefficient (Wildman–Crippen LogP) is 1.75. The third-order valence-electron chi connectivity index (χ3n) is 2.84.